The van der Waals surface area contributed by atoms with E-state index in [4.69, 9.17) is 18.9 Å². The molecular weight excluding hydrogens is 496 g/mol. The Bertz CT molecular complexity index is 1470. The molecule has 1 aliphatic heterocycles. The zero-order valence-corrected chi connectivity index (χ0v) is 23.2. The number of methoxy groups -OCH3 is 1. The van der Waals surface area contributed by atoms with Gasteiger partial charge in [-0.3, -0.25) is 0 Å². The molecule has 9 heteroatoms. The lowest BCUT2D eigenvalue weighted by Crippen LogP contribution is -2.41. The van der Waals surface area contributed by atoms with Gasteiger partial charge in [0.2, 0.25) is 5.88 Å². The number of aromatic amines is 1. The second-order valence-corrected chi connectivity index (χ2v) is 11.1. The average Bonchev–Trinajstić information content (AvgIpc) is 3.27. The van der Waals surface area contributed by atoms with Gasteiger partial charge >= 0.3 is 6.09 Å². The van der Waals surface area contributed by atoms with E-state index in [1.54, 1.807) is 12.0 Å². The fraction of sp³-hybridized carbons (Fsp3) is 0.433. The van der Waals surface area contributed by atoms with Gasteiger partial charge in [-0.15, -0.1) is 0 Å². The van der Waals surface area contributed by atoms with Crippen molar-refractivity contribution in [1.29, 1.82) is 0 Å². The smallest absolute Gasteiger partial charge is 0.410 e. The molecule has 0 spiro atoms. The Kier molecular flexibility index (Phi) is 7.50. The number of hydrogen-bond donors (Lipinski definition) is 1. The van der Waals surface area contributed by atoms with Crippen molar-refractivity contribution >= 4 is 27.9 Å². The maximum atomic E-state index is 12.3. The number of likely N-dealkylation sites (tertiary alicyclic amines) is 1. The second kappa shape index (κ2) is 11.0. The van der Waals surface area contributed by atoms with Crippen LogP contribution >= 0.6 is 0 Å². The summed E-state index contributed by atoms with van der Waals surface area (Å²) in [5, 5.41) is 1.81. The van der Waals surface area contributed by atoms with Gasteiger partial charge in [0.15, 0.2) is 11.5 Å². The molecule has 39 heavy (non-hydrogen) atoms. The number of H-pyrrole nitrogens is 1. The van der Waals surface area contributed by atoms with Crippen molar-refractivity contribution in [1.82, 2.24) is 19.9 Å². The predicted octanol–water partition coefficient (Wildman–Crippen LogP) is 6.64. The van der Waals surface area contributed by atoms with Gasteiger partial charge in [-0.2, -0.15) is 0 Å². The molecular formula is C30H36N4O5. The minimum Gasteiger partial charge on any atom is -0.493 e. The Morgan fingerprint density at radius 2 is 1.87 bits per heavy atom. The van der Waals surface area contributed by atoms with E-state index >= 15 is 0 Å². The summed E-state index contributed by atoms with van der Waals surface area (Å²) in [6.45, 7) is 9.65. The minimum absolute atomic E-state index is 0.233. The number of carbonyl (C=O) groups excluding carboxylic acids is 1. The molecule has 0 unspecified atom stereocenters. The molecule has 1 aliphatic rings. The molecule has 2 aromatic heterocycles. The van der Waals surface area contributed by atoms with Crippen LogP contribution in [0.2, 0.25) is 0 Å². The molecule has 0 bridgehead atoms. The SMILES string of the molecule is COc1cc2c(Oc3ccc4[nH]c(C)cc4c3)ncnc2cc1OCCC1CCN(C(=O)OC(C)(C)C)CC1. The number of ether oxygens (including phenoxy) is 4. The first kappa shape index (κ1) is 26.6. The molecule has 0 atom stereocenters. The first-order chi connectivity index (χ1) is 18.7. The van der Waals surface area contributed by atoms with Crippen molar-refractivity contribution in [3.63, 3.8) is 0 Å². The van der Waals surface area contributed by atoms with Crippen LogP contribution in [0.1, 0.15) is 45.7 Å². The molecule has 0 saturated carbocycles. The van der Waals surface area contributed by atoms with Crippen molar-refractivity contribution < 1.29 is 23.7 Å². The Hall–Kier alpha value is -4.01. The molecule has 1 N–H and O–H groups in total. The lowest BCUT2D eigenvalue weighted by Gasteiger charge is -2.33. The van der Waals surface area contributed by atoms with Gasteiger partial charge in [0.25, 0.3) is 0 Å². The maximum absolute atomic E-state index is 12.3. The van der Waals surface area contributed by atoms with Crippen LogP contribution in [0.4, 0.5) is 4.79 Å². The topological polar surface area (TPSA) is 98.8 Å². The van der Waals surface area contributed by atoms with E-state index in [9.17, 15) is 4.79 Å². The van der Waals surface area contributed by atoms with E-state index in [0.717, 1.165) is 41.2 Å². The van der Waals surface area contributed by atoms with E-state index in [2.05, 4.69) is 21.0 Å². The fourth-order valence-corrected chi connectivity index (χ4v) is 4.89. The van der Waals surface area contributed by atoms with Gasteiger partial charge in [-0.25, -0.2) is 14.8 Å². The van der Waals surface area contributed by atoms with Crippen LogP contribution < -0.4 is 14.2 Å². The zero-order chi connectivity index (χ0) is 27.6. The molecule has 4 aromatic rings. The molecule has 2 aromatic carbocycles. The van der Waals surface area contributed by atoms with Crippen LogP contribution in [0.15, 0.2) is 42.7 Å². The van der Waals surface area contributed by atoms with Crippen LogP contribution in [-0.4, -0.2) is 58.4 Å². The Morgan fingerprint density at radius 3 is 2.62 bits per heavy atom. The van der Waals surface area contributed by atoms with Gasteiger partial charge in [0, 0.05) is 35.8 Å². The summed E-state index contributed by atoms with van der Waals surface area (Å²) in [4.78, 5) is 26.3. The Morgan fingerprint density at radius 1 is 1.08 bits per heavy atom. The number of carbonyl (C=O) groups is 1. The number of piperidine rings is 1. The van der Waals surface area contributed by atoms with Crippen LogP contribution in [0.3, 0.4) is 0 Å². The fourth-order valence-electron chi connectivity index (χ4n) is 4.89. The zero-order valence-electron chi connectivity index (χ0n) is 23.2. The van der Waals surface area contributed by atoms with Crippen LogP contribution in [0.5, 0.6) is 23.1 Å². The number of aromatic nitrogens is 3. The number of nitrogens with zero attached hydrogens (tertiary/aromatic N) is 3. The van der Waals surface area contributed by atoms with Crippen molar-refractivity contribution in [2.75, 3.05) is 26.8 Å². The largest absolute Gasteiger partial charge is 0.493 e. The lowest BCUT2D eigenvalue weighted by molar-refractivity contribution is 0.0177. The molecule has 0 aliphatic carbocycles. The van der Waals surface area contributed by atoms with E-state index < -0.39 is 5.60 Å². The number of amides is 1. The number of aryl methyl sites for hydroxylation is 1. The lowest BCUT2D eigenvalue weighted by atomic mass is 9.94. The predicted molar refractivity (Wildman–Crippen MR) is 150 cm³/mol. The van der Waals surface area contributed by atoms with E-state index in [1.165, 1.54) is 6.33 Å². The summed E-state index contributed by atoms with van der Waals surface area (Å²) in [6, 6.07) is 11.7. The normalized spacial score (nSPS) is 14.5. The molecule has 1 saturated heterocycles. The Balaban J connectivity index is 1.22. The second-order valence-electron chi connectivity index (χ2n) is 11.1. The highest BCUT2D eigenvalue weighted by Crippen LogP contribution is 2.37. The van der Waals surface area contributed by atoms with Gasteiger partial charge in [-0.1, -0.05) is 0 Å². The average molecular weight is 533 g/mol. The number of benzene rings is 2. The third-order valence-corrected chi connectivity index (χ3v) is 6.88. The van der Waals surface area contributed by atoms with Crippen LogP contribution in [-0.2, 0) is 4.74 Å². The number of fused-ring (bicyclic) bond motifs is 2. The highest BCUT2D eigenvalue weighted by Gasteiger charge is 2.27. The summed E-state index contributed by atoms with van der Waals surface area (Å²) in [6.07, 6.45) is 4.01. The third kappa shape index (κ3) is 6.35. The van der Waals surface area contributed by atoms with E-state index in [0.29, 0.717) is 54.3 Å². The molecule has 1 fully saturated rings. The van der Waals surface area contributed by atoms with Crippen molar-refractivity contribution in [3.8, 4) is 23.1 Å². The van der Waals surface area contributed by atoms with Gasteiger partial charge in [0.05, 0.1) is 24.6 Å². The quantitative estimate of drug-likeness (QED) is 0.285. The summed E-state index contributed by atoms with van der Waals surface area (Å²) in [5.41, 5.74) is 2.39. The first-order valence-corrected chi connectivity index (χ1v) is 13.4. The molecule has 9 nitrogen and oxygen atoms in total. The van der Waals surface area contributed by atoms with Gasteiger partial charge in [0.1, 0.15) is 17.7 Å². The summed E-state index contributed by atoms with van der Waals surface area (Å²) < 4.78 is 23.5. The third-order valence-electron chi connectivity index (χ3n) is 6.88. The highest BCUT2D eigenvalue weighted by atomic mass is 16.6. The van der Waals surface area contributed by atoms with Crippen molar-refractivity contribution in [3.05, 3.63) is 48.4 Å². The summed E-state index contributed by atoms with van der Waals surface area (Å²) >= 11 is 0. The molecule has 206 valence electrons. The molecule has 5 rings (SSSR count). The van der Waals surface area contributed by atoms with Crippen molar-refractivity contribution in [2.45, 2.75) is 52.6 Å². The van der Waals surface area contributed by atoms with Crippen LogP contribution in [0, 0.1) is 12.8 Å². The number of nitrogens with one attached hydrogen (secondary N) is 1. The van der Waals surface area contributed by atoms with E-state index in [1.807, 2.05) is 58.0 Å². The number of rotatable bonds is 7. The van der Waals surface area contributed by atoms with Crippen LogP contribution in [0.25, 0.3) is 21.8 Å². The Labute approximate surface area is 228 Å². The molecule has 1 amide bonds. The van der Waals surface area contributed by atoms with E-state index in [-0.39, 0.29) is 6.09 Å². The first-order valence-electron chi connectivity index (χ1n) is 13.4. The molecule has 3 heterocycles. The maximum Gasteiger partial charge on any atom is 0.410 e. The minimum atomic E-state index is -0.478. The monoisotopic (exact) mass is 532 g/mol. The molecule has 0 radical (unpaired) electrons. The highest BCUT2D eigenvalue weighted by molar-refractivity contribution is 5.87. The van der Waals surface area contributed by atoms with Crippen molar-refractivity contribution in [2.24, 2.45) is 5.92 Å². The summed E-state index contributed by atoms with van der Waals surface area (Å²) in [5.74, 6) is 2.86. The van der Waals surface area contributed by atoms with Gasteiger partial charge in [-0.05, 0) is 83.2 Å². The number of hydrogen-bond acceptors (Lipinski definition) is 7. The summed E-state index contributed by atoms with van der Waals surface area (Å²) in [7, 11) is 1.62. The standard InChI is InChI=1S/C30H36N4O5/c1-19-14-21-15-22(6-7-24(21)33-19)38-28-23-16-26(36-5)27(17-25(23)31-18-32-28)37-13-10-20-8-11-34(12-9-20)29(35)39-30(2,3)4/h6-7,14-18,20,33H,8-13H2,1-5H3. The van der Waals surface area contributed by atoms with Gasteiger partial charge < -0.3 is 28.8 Å².